The van der Waals surface area contributed by atoms with Gasteiger partial charge in [0, 0.05) is 11.3 Å². The average molecular weight is 336 g/mol. The summed E-state index contributed by atoms with van der Waals surface area (Å²) < 4.78 is 87.0. The van der Waals surface area contributed by atoms with Crippen LogP contribution in [0, 0.1) is 11.6 Å². The van der Waals surface area contributed by atoms with Gasteiger partial charge in [0.1, 0.15) is 5.69 Å². The van der Waals surface area contributed by atoms with Crippen molar-refractivity contribution in [3.63, 3.8) is 0 Å². The van der Waals surface area contributed by atoms with Crippen molar-refractivity contribution in [2.75, 3.05) is 4.72 Å². The average Bonchev–Trinajstić information content (AvgIpc) is 2.41. The number of anilines is 1. The number of alkyl halides is 3. The van der Waals surface area contributed by atoms with E-state index in [1.165, 1.54) is 0 Å². The Bertz CT molecular complexity index is 692. The molecule has 0 aliphatic heterocycles. The summed E-state index contributed by atoms with van der Waals surface area (Å²) in [5, 5.41) is 0. The van der Waals surface area contributed by atoms with E-state index in [9.17, 15) is 30.7 Å². The minimum absolute atomic E-state index is 0.0223. The lowest BCUT2D eigenvalue weighted by molar-refractivity contribution is -0.137. The molecular weight excluding hydrogens is 329 g/mol. The van der Waals surface area contributed by atoms with Crippen molar-refractivity contribution in [2.24, 2.45) is 0 Å². The van der Waals surface area contributed by atoms with Gasteiger partial charge in [-0.3, -0.25) is 4.21 Å². The Labute approximate surface area is 124 Å². The van der Waals surface area contributed by atoms with E-state index in [1.54, 1.807) is 4.72 Å². The first-order valence-electron chi connectivity index (χ1n) is 5.71. The van der Waals surface area contributed by atoms with Crippen LogP contribution < -0.4 is 4.72 Å². The van der Waals surface area contributed by atoms with Crippen LogP contribution in [0.25, 0.3) is 11.1 Å². The smallest absolute Gasteiger partial charge is 0.416 e. The van der Waals surface area contributed by atoms with Gasteiger partial charge in [0.05, 0.1) is 5.56 Å². The van der Waals surface area contributed by atoms with Crippen LogP contribution in [-0.4, -0.2) is 8.76 Å². The maximum atomic E-state index is 13.7. The highest BCUT2D eigenvalue weighted by atomic mass is 32.2. The lowest BCUT2D eigenvalue weighted by Crippen LogP contribution is -2.07. The number of halogens is 5. The minimum atomic E-state index is -4.51. The molecule has 0 amide bonds. The summed E-state index contributed by atoms with van der Waals surface area (Å²) in [7, 11) is 0. The van der Waals surface area contributed by atoms with Crippen LogP contribution >= 0.6 is 0 Å². The number of hydrogen-bond acceptors (Lipinski definition) is 2. The largest absolute Gasteiger partial charge is 0.755 e. The number of nitrogens with one attached hydrogen (secondary N) is 1. The van der Waals surface area contributed by atoms with Gasteiger partial charge < -0.3 is 9.27 Å². The molecule has 2 aromatic rings. The lowest BCUT2D eigenvalue weighted by Gasteiger charge is -2.12. The molecule has 0 aromatic heterocycles. The molecule has 0 saturated carbocycles. The van der Waals surface area contributed by atoms with E-state index in [1.807, 2.05) is 0 Å². The molecule has 2 aromatic carbocycles. The summed E-state index contributed by atoms with van der Waals surface area (Å²) in [5.41, 5.74) is -1.62. The zero-order valence-electron chi connectivity index (χ0n) is 10.6. The molecule has 0 saturated heterocycles. The van der Waals surface area contributed by atoms with Crippen molar-refractivity contribution in [3.8, 4) is 11.1 Å². The van der Waals surface area contributed by atoms with Crippen molar-refractivity contribution in [2.45, 2.75) is 6.18 Å². The molecule has 0 aliphatic rings. The van der Waals surface area contributed by atoms with E-state index in [-0.39, 0.29) is 11.1 Å². The standard InChI is InChI=1S/C13H8F5NO2S/c14-10-5-8(6-11(15)12(10)19-22(20)21)7-1-3-9(4-2-7)13(16,17)18/h1-6,19H,(H,20,21)/p-1. The fourth-order valence-corrected chi connectivity index (χ4v) is 2.13. The van der Waals surface area contributed by atoms with Crippen molar-refractivity contribution < 1.29 is 30.7 Å². The lowest BCUT2D eigenvalue weighted by atomic mass is 10.0. The third-order valence-corrected chi connectivity index (χ3v) is 3.14. The molecule has 22 heavy (non-hydrogen) atoms. The summed E-state index contributed by atoms with van der Waals surface area (Å²) in [5.74, 6) is -2.36. The molecule has 118 valence electrons. The van der Waals surface area contributed by atoms with Gasteiger partial charge in [0.15, 0.2) is 11.6 Å². The predicted octanol–water partition coefficient (Wildman–Crippen LogP) is 3.86. The van der Waals surface area contributed by atoms with Crippen molar-refractivity contribution in [3.05, 3.63) is 53.6 Å². The zero-order valence-corrected chi connectivity index (χ0v) is 11.4. The van der Waals surface area contributed by atoms with E-state index in [4.69, 9.17) is 0 Å². The van der Waals surface area contributed by atoms with E-state index in [0.717, 1.165) is 36.4 Å². The molecule has 1 unspecified atom stereocenters. The summed E-state index contributed by atoms with van der Waals surface area (Å²) in [4.78, 5) is 0. The van der Waals surface area contributed by atoms with Crippen molar-refractivity contribution in [1.29, 1.82) is 0 Å². The summed E-state index contributed by atoms with van der Waals surface area (Å²) >= 11 is -2.91. The maximum Gasteiger partial charge on any atom is 0.416 e. The van der Waals surface area contributed by atoms with Crippen LogP contribution in [0.4, 0.5) is 27.6 Å². The highest BCUT2D eigenvalue weighted by Gasteiger charge is 2.30. The first-order chi connectivity index (χ1) is 10.2. The molecule has 2 rings (SSSR count). The Morgan fingerprint density at radius 1 is 0.955 bits per heavy atom. The normalized spacial score (nSPS) is 13.0. The SMILES string of the molecule is O=S([O-])Nc1c(F)cc(-c2ccc(C(F)(F)F)cc2)cc1F. The van der Waals surface area contributed by atoms with E-state index in [2.05, 4.69) is 0 Å². The quantitative estimate of drug-likeness (QED) is 0.684. The second-order valence-corrected chi connectivity index (χ2v) is 4.90. The van der Waals surface area contributed by atoms with Gasteiger partial charge in [-0.2, -0.15) is 13.2 Å². The Hall–Kier alpha value is -2.00. The first-order valence-corrected chi connectivity index (χ1v) is 6.78. The van der Waals surface area contributed by atoms with Gasteiger partial charge in [0.2, 0.25) is 0 Å². The summed E-state index contributed by atoms with van der Waals surface area (Å²) in [6.45, 7) is 0. The van der Waals surface area contributed by atoms with Crippen LogP contribution in [0.3, 0.4) is 0 Å². The monoisotopic (exact) mass is 336 g/mol. The van der Waals surface area contributed by atoms with Gasteiger partial charge >= 0.3 is 6.18 Å². The Kier molecular flexibility index (Phi) is 4.47. The highest BCUT2D eigenvalue weighted by Crippen LogP contribution is 2.32. The molecule has 9 heteroatoms. The van der Waals surface area contributed by atoms with Gasteiger partial charge in [-0.1, -0.05) is 12.1 Å². The van der Waals surface area contributed by atoms with Crippen LogP contribution in [-0.2, 0) is 17.4 Å². The Morgan fingerprint density at radius 3 is 1.86 bits per heavy atom. The molecule has 0 radical (unpaired) electrons. The van der Waals surface area contributed by atoms with Crippen LogP contribution in [0.2, 0.25) is 0 Å². The third kappa shape index (κ3) is 3.60. The van der Waals surface area contributed by atoms with Gasteiger partial charge in [-0.25, -0.2) is 8.78 Å². The molecule has 0 fully saturated rings. The molecule has 3 nitrogen and oxygen atoms in total. The molecule has 0 bridgehead atoms. The number of rotatable bonds is 3. The fourth-order valence-electron chi connectivity index (χ4n) is 1.77. The zero-order chi connectivity index (χ0) is 16.5. The minimum Gasteiger partial charge on any atom is -0.755 e. The van der Waals surface area contributed by atoms with Gasteiger partial charge in [0.25, 0.3) is 0 Å². The molecule has 1 atom stereocenters. The second kappa shape index (κ2) is 6.01. The van der Waals surface area contributed by atoms with Gasteiger partial charge in [-0.15, -0.1) is 0 Å². The Morgan fingerprint density at radius 2 is 1.45 bits per heavy atom. The van der Waals surface area contributed by atoms with E-state index < -0.39 is 40.3 Å². The topological polar surface area (TPSA) is 52.2 Å². The van der Waals surface area contributed by atoms with E-state index >= 15 is 0 Å². The molecular formula is C13H7F5NO2S-. The third-order valence-electron chi connectivity index (χ3n) is 2.77. The number of hydrogen-bond donors (Lipinski definition) is 1. The highest BCUT2D eigenvalue weighted by molar-refractivity contribution is 7.80. The number of benzene rings is 2. The Balaban J connectivity index is 2.39. The molecule has 0 spiro atoms. The van der Waals surface area contributed by atoms with Crippen molar-refractivity contribution in [1.82, 2.24) is 0 Å². The fraction of sp³-hybridized carbons (Fsp3) is 0.0769. The van der Waals surface area contributed by atoms with Crippen LogP contribution in [0.5, 0.6) is 0 Å². The second-order valence-electron chi connectivity index (χ2n) is 4.23. The maximum absolute atomic E-state index is 13.7. The molecule has 1 N–H and O–H groups in total. The summed E-state index contributed by atoms with van der Waals surface area (Å²) in [6, 6.07) is 5.33. The van der Waals surface area contributed by atoms with Gasteiger partial charge in [-0.05, 0) is 35.4 Å². The summed E-state index contributed by atoms with van der Waals surface area (Å²) in [6.07, 6.45) is -4.51. The van der Waals surface area contributed by atoms with E-state index in [0.29, 0.717) is 0 Å². The van der Waals surface area contributed by atoms with Crippen molar-refractivity contribution >= 4 is 17.0 Å². The predicted molar refractivity (Wildman–Crippen MR) is 69.3 cm³/mol. The van der Waals surface area contributed by atoms with Crippen LogP contribution in [0.15, 0.2) is 36.4 Å². The molecule has 0 heterocycles. The van der Waals surface area contributed by atoms with Crippen LogP contribution in [0.1, 0.15) is 5.56 Å². The molecule has 0 aliphatic carbocycles. The first kappa shape index (κ1) is 16.4.